The average Bonchev–Trinajstić information content (AvgIpc) is 3.78. The molecule has 9 rings (SSSR count). The predicted octanol–water partition coefficient (Wildman–Crippen LogP) is 12.2. The fraction of sp³-hybridized carbons (Fsp3) is 0.243. The van der Waals surface area contributed by atoms with Crippen molar-refractivity contribution in [3.63, 3.8) is 0 Å². The van der Waals surface area contributed by atoms with Crippen molar-refractivity contribution in [3.8, 4) is 40.4 Å². The summed E-state index contributed by atoms with van der Waals surface area (Å²) in [5.41, 5.74) is 22.1. The molecule has 0 radical (unpaired) electrons. The molecule has 6 aromatic rings. The van der Waals surface area contributed by atoms with Crippen molar-refractivity contribution in [2.45, 2.75) is 59.3 Å². The topological polar surface area (TPSA) is 26.0 Å². The summed E-state index contributed by atoms with van der Waals surface area (Å²) in [6.07, 6.45) is 4.79. The van der Waals surface area contributed by atoms with Crippen LogP contribution < -0.4 is 5.73 Å². The smallest absolute Gasteiger partial charge is 0.0455 e. The standard InChI is InChI=1S/C37H31NS4/c1-16-6-8-26-21(10-16)12-28(39-26)30-14-24-17(2)32-20(5)35-33(19(4)34(32)36(24)41-30)18(3)25-15-31(42-37(25)35)29-13-22-11-23(38)7-9-27(22)40-29/h7,9-15,17-18H,6,8,38H2,1-5H3. The Morgan fingerprint density at radius 3 is 1.90 bits per heavy atom. The van der Waals surface area contributed by atoms with Crippen LogP contribution in [-0.4, -0.2) is 0 Å². The molecule has 4 aromatic heterocycles. The molecule has 0 saturated heterocycles. The highest BCUT2D eigenvalue weighted by Gasteiger charge is 2.39. The largest absolute Gasteiger partial charge is 0.399 e. The fourth-order valence-electron chi connectivity index (χ4n) is 7.83. The third kappa shape index (κ3) is 3.40. The third-order valence-electron chi connectivity index (χ3n) is 9.89. The molecule has 0 bridgehead atoms. The van der Waals surface area contributed by atoms with Gasteiger partial charge in [0.25, 0.3) is 0 Å². The van der Waals surface area contributed by atoms with E-state index in [1.165, 1.54) is 96.7 Å². The molecule has 2 N–H and O–H groups in total. The maximum Gasteiger partial charge on any atom is 0.0455 e. The zero-order chi connectivity index (χ0) is 28.6. The van der Waals surface area contributed by atoms with Crippen molar-refractivity contribution in [2.24, 2.45) is 0 Å². The minimum Gasteiger partial charge on any atom is -0.399 e. The van der Waals surface area contributed by atoms with E-state index in [9.17, 15) is 0 Å². The van der Waals surface area contributed by atoms with Crippen LogP contribution in [-0.2, 0) is 6.42 Å². The summed E-state index contributed by atoms with van der Waals surface area (Å²) < 4.78 is 1.31. The normalized spacial score (nSPS) is 18.2. The van der Waals surface area contributed by atoms with Crippen LogP contribution in [0.15, 0.2) is 48.0 Å². The Bertz CT molecular complexity index is 2170. The second kappa shape index (κ2) is 8.79. The Balaban J connectivity index is 1.16. The SMILES string of the molecule is CC1=Cc2cc(-c3cc4c(s3)-c3c(C)c5c(c(C)c3C4C)-c3sc(-c4cc6cc(N)ccc6s4)cc3C5C)sc2CC1. The van der Waals surface area contributed by atoms with E-state index >= 15 is 0 Å². The first kappa shape index (κ1) is 25.5. The first-order chi connectivity index (χ1) is 20.3. The van der Waals surface area contributed by atoms with Gasteiger partial charge < -0.3 is 5.73 Å². The van der Waals surface area contributed by atoms with E-state index in [0.29, 0.717) is 11.8 Å². The van der Waals surface area contributed by atoms with Crippen molar-refractivity contribution in [1.82, 2.24) is 0 Å². The molecule has 0 spiro atoms. The number of thiophene rings is 4. The lowest BCUT2D eigenvalue weighted by Gasteiger charge is -2.20. The Labute approximate surface area is 263 Å². The molecule has 0 aliphatic heterocycles. The highest BCUT2D eigenvalue weighted by atomic mass is 32.1. The van der Waals surface area contributed by atoms with Gasteiger partial charge in [0.15, 0.2) is 0 Å². The highest BCUT2D eigenvalue weighted by Crippen LogP contribution is 2.61. The van der Waals surface area contributed by atoms with Crippen LogP contribution in [0, 0.1) is 13.8 Å². The maximum absolute atomic E-state index is 6.08. The lowest BCUT2D eigenvalue weighted by atomic mass is 9.85. The molecule has 208 valence electrons. The summed E-state index contributed by atoms with van der Waals surface area (Å²) in [4.78, 5) is 10.2. The predicted molar refractivity (Wildman–Crippen MR) is 188 cm³/mol. The Morgan fingerprint density at radius 2 is 1.26 bits per heavy atom. The van der Waals surface area contributed by atoms with Crippen molar-refractivity contribution < 1.29 is 0 Å². The van der Waals surface area contributed by atoms with Gasteiger partial charge in [-0.25, -0.2) is 0 Å². The molecule has 3 aliphatic rings. The average molecular weight is 618 g/mol. The van der Waals surface area contributed by atoms with Crippen LogP contribution in [0.2, 0.25) is 0 Å². The van der Waals surface area contributed by atoms with Gasteiger partial charge in [-0.3, -0.25) is 0 Å². The number of nitrogens with two attached hydrogens (primary N) is 1. The summed E-state index contributed by atoms with van der Waals surface area (Å²) in [5, 5.41) is 1.25. The van der Waals surface area contributed by atoms with Gasteiger partial charge in [-0.05, 0) is 132 Å². The number of hydrogen-bond donors (Lipinski definition) is 1. The maximum atomic E-state index is 6.08. The van der Waals surface area contributed by atoms with Crippen molar-refractivity contribution in [1.29, 1.82) is 0 Å². The van der Waals surface area contributed by atoms with Gasteiger partial charge in [0.05, 0.1) is 0 Å². The second-order valence-electron chi connectivity index (χ2n) is 12.4. The molecule has 0 fully saturated rings. The molecule has 4 heterocycles. The first-order valence-electron chi connectivity index (χ1n) is 14.8. The van der Waals surface area contributed by atoms with Crippen molar-refractivity contribution in [2.75, 3.05) is 5.73 Å². The van der Waals surface area contributed by atoms with Crippen LogP contribution in [0.3, 0.4) is 0 Å². The highest BCUT2D eigenvalue weighted by molar-refractivity contribution is 7.27. The van der Waals surface area contributed by atoms with E-state index in [0.717, 1.165) is 5.69 Å². The minimum atomic E-state index is 0.409. The van der Waals surface area contributed by atoms with E-state index in [-0.39, 0.29) is 0 Å². The van der Waals surface area contributed by atoms with Crippen molar-refractivity contribution >= 4 is 67.2 Å². The van der Waals surface area contributed by atoms with Crippen LogP contribution in [0.25, 0.3) is 56.6 Å². The van der Waals surface area contributed by atoms with Gasteiger partial charge >= 0.3 is 0 Å². The van der Waals surface area contributed by atoms with Crippen LogP contribution in [0.1, 0.15) is 82.8 Å². The summed E-state index contributed by atoms with van der Waals surface area (Å²) >= 11 is 7.91. The molecule has 0 saturated carbocycles. The van der Waals surface area contributed by atoms with Gasteiger partial charge in [-0.15, -0.1) is 45.3 Å². The number of fused-ring (bicyclic) bond motifs is 8. The molecular weight excluding hydrogens is 587 g/mol. The molecule has 0 amide bonds. The number of allylic oxidation sites excluding steroid dienone is 1. The lowest BCUT2D eigenvalue weighted by molar-refractivity contribution is 0.926. The molecule has 2 atom stereocenters. The molecule has 2 unspecified atom stereocenters. The fourth-order valence-corrected chi connectivity index (χ4v) is 12.9. The summed E-state index contributed by atoms with van der Waals surface area (Å²) in [6, 6.07) is 16.0. The summed E-state index contributed by atoms with van der Waals surface area (Å²) in [7, 11) is 0. The zero-order valence-corrected chi connectivity index (χ0v) is 27.7. The van der Waals surface area contributed by atoms with Gasteiger partial charge in [0.1, 0.15) is 0 Å². The van der Waals surface area contributed by atoms with Gasteiger partial charge in [0, 0.05) is 56.4 Å². The summed E-state index contributed by atoms with van der Waals surface area (Å²) in [5.74, 6) is 0.833. The Morgan fingerprint density at radius 1 is 0.667 bits per heavy atom. The quantitative estimate of drug-likeness (QED) is 0.192. The molecule has 2 aromatic carbocycles. The Kier molecular flexibility index (Phi) is 5.35. The molecule has 5 heteroatoms. The van der Waals surface area contributed by atoms with Gasteiger partial charge in [-0.1, -0.05) is 25.5 Å². The molecule has 42 heavy (non-hydrogen) atoms. The lowest BCUT2D eigenvalue weighted by Crippen LogP contribution is -2.01. The van der Waals surface area contributed by atoms with Crippen LogP contribution in [0.4, 0.5) is 5.69 Å². The van der Waals surface area contributed by atoms with Gasteiger partial charge in [-0.2, -0.15) is 0 Å². The summed E-state index contributed by atoms with van der Waals surface area (Å²) in [6.45, 7) is 11.9. The van der Waals surface area contributed by atoms with Crippen LogP contribution in [0.5, 0.6) is 0 Å². The van der Waals surface area contributed by atoms with Gasteiger partial charge in [0.2, 0.25) is 0 Å². The number of benzene rings is 2. The first-order valence-corrected chi connectivity index (χ1v) is 18.1. The van der Waals surface area contributed by atoms with Crippen molar-refractivity contribution in [3.05, 3.63) is 91.9 Å². The van der Waals surface area contributed by atoms with E-state index in [1.54, 1.807) is 16.0 Å². The number of anilines is 1. The number of hydrogen-bond acceptors (Lipinski definition) is 5. The zero-order valence-electron chi connectivity index (χ0n) is 24.4. The van der Waals surface area contributed by atoms with E-state index in [1.807, 2.05) is 51.4 Å². The number of rotatable bonds is 2. The number of aryl methyl sites for hydroxylation is 1. The molecule has 3 aliphatic carbocycles. The van der Waals surface area contributed by atoms with E-state index in [4.69, 9.17) is 5.73 Å². The molecule has 1 nitrogen and oxygen atoms in total. The second-order valence-corrected chi connectivity index (χ2v) is 16.8. The number of nitrogen functional groups attached to an aromatic ring is 1. The monoisotopic (exact) mass is 617 g/mol. The molecular formula is C37H31NS4. The third-order valence-corrected chi connectivity index (χ3v) is 14.9. The van der Waals surface area contributed by atoms with E-state index in [2.05, 4.69) is 77.1 Å². The van der Waals surface area contributed by atoms with Crippen LogP contribution >= 0.6 is 45.3 Å². The minimum absolute atomic E-state index is 0.409. The Hall–Kier alpha value is -2.96. The van der Waals surface area contributed by atoms with E-state index < -0.39 is 0 Å².